The maximum Gasteiger partial charge on any atom is 0.472 e. The van der Waals surface area contributed by atoms with Gasteiger partial charge < -0.3 is 20.1 Å². The second kappa shape index (κ2) is 37.1. The van der Waals surface area contributed by atoms with Crippen LogP contribution in [0.5, 0.6) is 0 Å². The number of carbonyl (C=O) groups is 1. The zero-order chi connectivity index (χ0) is 35.2. The quantitative estimate of drug-likeness (QED) is 0.0215. The van der Waals surface area contributed by atoms with Gasteiger partial charge in [0.25, 0.3) is 0 Å². The van der Waals surface area contributed by atoms with Crippen LogP contribution in [0.3, 0.4) is 0 Å². The topological polar surface area (TPSA) is 117 Å². The van der Waals surface area contributed by atoms with Gasteiger partial charge >= 0.3 is 13.8 Å². The minimum atomic E-state index is -4.26. The van der Waals surface area contributed by atoms with Crippen LogP contribution in [0.4, 0.5) is 0 Å². The summed E-state index contributed by atoms with van der Waals surface area (Å²) >= 11 is 0. The summed E-state index contributed by atoms with van der Waals surface area (Å²) in [5, 5.41) is 0. The van der Waals surface area contributed by atoms with E-state index in [4.69, 9.17) is 24.3 Å². The predicted octanol–water partition coefficient (Wildman–Crippen LogP) is 11.6. The average molecular weight is 702 g/mol. The van der Waals surface area contributed by atoms with E-state index < -0.39 is 13.9 Å². The largest absolute Gasteiger partial charge is 0.492 e. The Morgan fingerprint density at radius 1 is 0.625 bits per heavy atom. The maximum absolute atomic E-state index is 12.3. The highest BCUT2D eigenvalue weighted by molar-refractivity contribution is 7.47. The summed E-state index contributed by atoms with van der Waals surface area (Å²) in [4.78, 5) is 22.2. The van der Waals surface area contributed by atoms with Crippen LogP contribution in [0.1, 0.15) is 187 Å². The van der Waals surface area contributed by atoms with Crippen molar-refractivity contribution < 1.29 is 32.8 Å². The van der Waals surface area contributed by atoms with Crippen molar-refractivity contribution in [1.29, 1.82) is 0 Å². The first-order valence-electron chi connectivity index (χ1n) is 19.9. The lowest BCUT2D eigenvalue weighted by atomic mass is 10.0. The number of rotatable bonds is 38. The highest BCUT2D eigenvalue weighted by atomic mass is 31.2. The number of hydrogen-bond acceptors (Lipinski definition) is 7. The molecule has 0 fully saturated rings. The number of nitrogens with two attached hydrogens (primary N) is 1. The predicted molar refractivity (Wildman–Crippen MR) is 201 cm³/mol. The average Bonchev–Trinajstić information content (AvgIpc) is 3.08. The minimum absolute atomic E-state index is 0.0657. The second-order valence-corrected chi connectivity index (χ2v) is 14.7. The molecule has 8 nitrogen and oxygen atoms in total. The number of carbonyl (C=O) groups excluding carboxylic acids is 1. The molecule has 0 saturated carbocycles. The van der Waals surface area contributed by atoms with Gasteiger partial charge in [-0.15, -0.1) is 0 Å². The first-order valence-corrected chi connectivity index (χ1v) is 21.4. The van der Waals surface area contributed by atoms with Gasteiger partial charge in [-0.3, -0.25) is 13.8 Å². The van der Waals surface area contributed by atoms with Gasteiger partial charge in [0.05, 0.1) is 19.5 Å². The number of phosphoric ester groups is 1. The number of hydrogen-bond donors (Lipinski definition) is 2. The van der Waals surface area contributed by atoms with E-state index in [0.29, 0.717) is 6.42 Å². The summed E-state index contributed by atoms with van der Waals surface area (Å²) in [6, 6.07) is 0. The second-order valence-electron chi connectivity index (χ2n) is 13.2. The summed E-state index contributed by atoms with van der Waals surface area (Å²) in [5.74, 6) is -0.298. The molecule has 1 unspecified atom stereocenters. The molecule has 9 heteroatoms. The molecule has 0 aliphatic carbocycles. The van der Waals surface area contributed by atoms with E-state index >= 15 is 0 Å². The smallest absolute Gasteiger partial charge is 0.472 e. The molecule has 0 spiro atoms. The zero-order valence-electron chi connectivity index (χ0n) is 31.2. The minimum Gasteiger partial charge on any atom is -0.492 e. The highest BCUT2D eigenvalue weighted by Gasteiger charge is 2.24. The normalized spacial score (nSPS) is 13.8. The molecule has 0 saturated heterocycles. The summed E-state index contributed by atoms with van der Waals surface area (Å²) in [5.41, 5.74) is 5.35. The van der Waals surface area contributed by atoms with Crippen LogP contribution >= 0.6 is 7.82 Å². The molecule has 0 amide bonds. The van der Waals surface area contributed by atoms with E-state index in [-0.39, 0.29) is 32.3 Å². The van der Waals surface area contributed by atoms with Crippen molar-refractivity contribution in [1.82, 2.24) is 0 Å². The summed E-state index contributed by atoms with van der Waals surface area (Å²) in [7, 11) is -4.26. The SMILES string of the molecule is CCCCCCCCC=CCCCCCCCC(=O)OC[C@H](COP(=O)(O)OCCN)OC=CCCCCCCCCCCCCCC. The van der Waals surface area contributed by atoms with Crippen LogP contribution in [-0.2, 0) is 27.9 Å². The van der Waals surface area contributed by atoms with Gasteiger partial charge in [0.1, 0.15) is 6.61 Å². The van der Waals surface area contributed by atoms with E-state index in [1.807, 2.05) is 6.08 Å². The molecule has 0 aliphatic heterocycles. The fraction of sp³-hybridized carbons (Fsp3) is 0.872. The third-order valence-electron chi connectivity index (χ3n) is 8.46. The van der Waals surface area contributed by atoms with Crippen LogP contribution in [-0.4, -0.2) is 43.3 Å². The Morgan fingerprint density at radius 3 is 1.54 bits per heavy atom. The van der Waals surface area contributed by atoms with Crippen molar-refractivity contribution in [3.63, 3.8) is 0 Å². The molecule has 0 aromatic rings. The van der Waals surface area contributed by atoms with Crippen LogP contribution in [0.25, 0.3) is 0 Å². The van der Waals surface area contributed by atoms with E-state index in [0.717, 1.165) is 38.5 Å². The Bertz CT molecular complexity index is 792. The molecule has 48 heavy (non-hydrogen) atoms. The first kappa shape index (κ1) is 46.8. The molecule has 0 bridgehead atoms. The fourth-order valence-corrected chi connectivity index (χ4v) is 6.21. The van der Waals surface area contributed by atoms with Crippen LogP contribution in [0, 0.1) is 0 Å². The van der Waals surface area contributed by atoms with E-state index in [1.54, 1.807) is 6.26 Å². The summed E-state index contributed by atoms with van der Waals surface area (Å²) < 4.78 is 33.1. The number of unbranched alkanes of at least 4 members (excludes halogenated alkanes) is 23. The van der Waals surface area contributed by atoms with Crippen LogP contribution < -0.4 is 5.73 Å². The Labute approximate surface area is 296 Å². The molecule has 0 rings (SSSR count). The van der Waals surface area contributed by atoms with Crippen molar-refractivity contribution in [2.24, 2.45) is 5.73 Å². The Balaban J connectivity index is 4.12. The van der Waals surface area contributed by atoms with Gasteiger partial charge in [0.15, 0.2) is 6.10 Å². The molecule has 284 valence electrons. The first-order chi connectivity index (χ1) is 23.4. The lowest BCUT2D eigenvalue weighted by Gasteiger charge is -2.19. The third-order valence-corrected chi connectivity index (χ3v) is 9.44. The third kappa shape index (κ3) is 36.1. The van der Waals surface area contributed by atoms with Gasteiger partial charge in [-0.1, -0.05) is 148 Å². The van der Waals surface area contributed by atoms with Gasteiger partial charge in [0, 0.05) is 13.0 Å². The zero-order valence-corrected chi connectivity index (χ0v) is 32.1. The molecule has 0 aromatic carbocycles. The molecular formula is C39H76NO7P. The van der Waals surface area contributed by atoms with Crippen molar-refractivity contribution >= 4 is 13.8 Å². The molecule has 0 aromatic heterocycles. The van der Waals surface area contributed by atoms with Crippen molar-refractivity contribution in [3.05, 3.63) is 24.5 Å². The van der Waals surface area contributed by atoms with E-state index in [1.165, 1.54) is 128 Å². The molecule has 3 N–H and O–H groups in total. The lowest BCUT2D eigenvalue weighted by molar-refractivity contribution is -0.147. The monoisotopic (exact) mass is 702 g/mol. The standard InChI is InChI=1S/C39H76NO7P/c1-3-5-7-9-11-13-15-17-19-20-22-24-26-28-30-32-39(41)45-36-38(37-47-48(42,43)46-35-33-40)44-34-31-29-27-25-23-21-18-16-14-12-10-8-6-4-2/h17,19,31,34,38H,3-16,18,20-30,32-33,35-37,40H2,1-2H3,(H,42,43)/t38-/m1/s1. The molecule has 2 atom stereocenters. The van der Waals surface area contributed by atoms with Crippen LogP contribution in [0.2, 0.25) is 0 Å². The van der Waals surface area contributed by atoms with Gasteiger partial charge in [0.2, 0.25) is 0 Å². The fourth-order valence-electron chi connectivity index (χ4n) is 5.45. The molecule has 0 radical (unpaired) electrons. The summed E-state index contributed by atoms with van der Waals surface area (Å²) in [6.07, 6.45) is 40.0. The molecule has 0 aliphatic rings. The highest BCUT2D eigenvalue weighted by Crippen LogP contribution is 2.43. The summed E-state index contributed by atoms with van der Waals surface area (Å²) in [6.45, 7) is 4.21. The number of esters is 1. The number of phosphoric acid groups is 1. The number of ether oxygens (including phenoxy) is 2. The maximum atomic E-state index is 12.3. The Kier molecular flexibility index (Phi) is 36.2. The Hall–Kier alpha value is -1.18. The van der Waals surface area contributed by atoms with E-state index in [9.17, 15) is 14.3 Å². The van der Waals surface area contributed by atoms with Crippen LogP contribution in [0.15, 0.2) is 24.5 Å². The number of allylic oxidation sites excluding steroid dienone is 3. The Morgan fingerprint density at radius 2 is 1.06 bits per heavy atom. The lowest BCUT2D eigenvalue weighted by Crippen LogP contribution is -2.25. The van der Waals surface area contributed by atoms with E-state index in [2.05, 4.69) is 26.0 Å². The van der Waals surface area contributed by atoms with Crippen molar-refractivity contribution in [3.8, 4) is 0 Å². The van der Waals surface area contributed by atoms with Gasteiger partial charge in [-0.05, 0) is 51.0 Å². The van der Waals surface area contributed by atoms with Crippen molar-refractivity contribution in [2.75, 3.05) is 26.4 Å². The van der Waals surface area contributed by atoms with Gasteiger partial charge in [-0.2, -0.15) is 0 Å². The van der Waals surface area contributed by atoms with Gasteiger partial charge in [-0.25, -0.2) is 4.57 Å². The molecule has 0 heterocycles. The van der Waals surface area contributed by atoms with Crippen molar-refractivity contribution in [2.45, 2.75) is 193 Å². The molecular weight excluding hydrogens is 625 g/mol.